The second-order valence-electron chi connectivity index (χ2n) is 4.66. The molecule has 0 bridgehead atoms. The Hall–Kier alpha value is -2.01. The van der Waals surface area contributed by atoms with Crippen LogP contribution in [0.5, 0.6) is 5.75 Å². The van der Waals surface area contributed by atoms with Gasteiger partial charge < -0.3 is 15.4 Å². The SMILES string of the molecule is CCOc1ccccc1NCCC(=O)Nc1cccc(Br)c1. The molecule has 22 heavy (non-hydrogen) atoms. The van der Waals surface area contributed by atoms with Crippen LogP contribution in [0.25, 0.3) is 0 Å². The number of anilines is 2. The fraction of sp³-hybridized carbons (Fsp3) is 0.235. The van der Waals surface area contributed by atoms with E-state index in [0.717, 1.165) is 21.6 Å². The second-order valence-corrected chi connectivity index (χ2v) is 5.58. The fourth-order valence-electron chi connectivity index (χ4n) is 1.99. The average Bonchev–Trinajstić information content (AvgIpc) is 2.49. The number of nitrogens with one attached hydrogen (secondary N) is 2. The van der Waals surface area contributed by atoms with E-state index in [1.807, 2.05) is 55.5 Å². The van der Waals surface area contributed by atoms with Crippen LogP contribution in [-0.2, 0) is 4.79 Å². The Morgan fingerprint density at radius 3 is 2.77 bits per heavy atom. The maximum absolute atomic E-state index is 11.9. The molecule has 0 saturated heterocycles. The van der Waals surface area contributed by atoms with E-state index in [9.17, 15) is 4.79 Å². The van der Waals surface area contributed by atoms with E-state index in [0.29, 0.717) is 19.6 Å². The number of benzene rings is 2. The largest absolute Gasteiger partial charge is 0.492 e. The van der Waals surface area contributed by atoms with Crippen molar-refractivity contribution in [2.24, 2.45) is 0 Å². The highest BCUT2D eigenvalue weighted by atomic mass is 79.9. The van der Waals surface area contributed by atoms with E-state index >= 15 is 0 Å². The third-order valence-corrected chi connectivity index (χ3v) is 3.46. The third-order valence-electron chi connectivity index (χ3n) is 2.96. The van der Waals surface area contributed by atoms with Gasteiger partial charge in [0.15, 0.2) is 0 Å². The van der Waals surface area contributed by atoms with Crippen LogP contribution in [0.4, 0.5) is 11.4 Å². The summed E-state index contributed by atoms with van der Waals surface area (Å²) in [4.78, 5) is 11.9. The monoisotopic (exact) mass is 362 g/mol. The highest BCUT2D eigenvalue weighted by Gasteiger charge is 2.05. The first kappa shape index (κ1) is 16.4. The van der Waals surface area contributed by atoms with Crippen molar-refractivity contribution in [1.82, 2.24) is 0 Å². The van der Waals surface area contributed by atoms with Crippen molar-refractivity contribution >= 4 is 33.2 Å². The summed E-state index contributed by atoms with van der Waals surface area (Å²) in [5.74, 6) is 0.775. The molecule has 0 spiro atoms. The van der Waals surface area contributed by atoms with Gasteiger partial charge >= 0.3 is 0 Å². The highest BCUT2D eigenvalue weighted by Crippen LogP contribution is 2.23. The zero-order valence-corrected chi connectivity index (χ0v) is 14.0. The van der Waals surface area contributed by atoms with Gasteiger partial charge in [0.1, 0.15) is 5.75 Å². The Labute approximate surface area is 139 Å². The zero-order valence-electron chi connectivity index (χ0n) is 12.4. The van der Waals surface area contributed by atoms with Crippen molar-refractivity contribution in [3.8, 4) is 5.75 Å². The Kier molecular flexibility index (Phi) is 6.27. The summed E-state index contributed by atoms with van der Waals surface area (Å²) in [5.41, 5.74) is 1.69. The summed E-state index contributed by atoms with van der Waals surface area (Å²) >= 11 is 3.38. The molecule has 2 aromatic rings. The molecule has 4 nitrogen and oxygen atoms in total. The smallest absolute Gasteiger partial charge is 0.226 e. The number of hydrogen-bond donors (Lipinski definition) is 2. The molecule has 0 aromatic heterocycles. The molecule has 0 heterocycles. The van der Waals surface area contributed by atoms with E-state index in [4.69, 9.17) is 4.74 Å². The molecular formula is C17H19BrN2O2. The number of para-hydroxylation sites is 2. The summed E-state index contributed by atoms with van der Waals surface area (Å²) in [6.45, 7) is 3.11. The van der Waals surface area contributed by atoms with Crippen LogP contribution in [0.2, 0.25) is 0 Å². The van der Waals surface area contributed by atoms with Crippen LogP contribution in [0.3, 0.4) is 0 Å². The topological polar surface area (TPSA) is 50.4 Å². The second kappa shape index (κ2) is 8.44. The Morgan fingerprint density at radius 1 is 1.18 bits per heavy atom. The van der Waals surface area contributed by atoms with Crippen molar-refractivity contribution in [3.63, 3.8) is 0 Å². The molecule has 2 rings (SSSR count). The minimum atomic E-state index is -0.0282. The van der Waals surface area contributed by atoms with Gasteiger partial charge in [-0.05, 0) is 37.3 Å². The van der Waals surface area contributed by atoms with Gasteiger partial charge in [-0.2, -0.15) is 0 Å². The van der Waals surface area contributed by atoms with E-state index in [1.54, 1.807) is 0 Å². The third kappa shape index (κ3) is 5.07. The fourth-order valence-corrected chi connectivity index (χ4v) is 2.39. The van der Waals surface area contributed by atoms with Crippen LogP contribution in [0.1, 0.15) is 13.3 Å². The van der Waals surface area contributed by atoms with Gasteiger partial charge in [0, 0.05) is 23.1 Å². The van der Waals surface area contributed by atoms with Gasteiger partial charge in [-0.3, -0.25) is 4.79 Å². The summed E-state index contributed by atoms with van der Waals surface area (Å²) in [7, 11) is 0. The number of halogens is 1. The lowest BCUT2D eigenvalue weighted by atomic mass is 10.2. The van der Waals surface area contributed by atoms with E-state index in [1.165, 1.54) is 0 Å². The molecule has 2 N–H and O–H groups in total. The van der Waals surface area contributed by atoms with Crippen molar-refractivity contribution in [3.05, 3.63) is 53.0 Å². The molecule has 5 heteroatoms. The number of carbonyl (C=O) groups excluding carboxylic acids is 1. The molecule has 0 aliphatic rings. The van der Waals surface area contributed by atoms with E-state index < -0.39 is 0 Å². The standard InChI is InChI=1S/C17H19BrN2O2/c1-2-22-16-9-4-3-8-15(16)19-11-10-17(21)20-14-7-5-6-13(18)12-14/h3-9,12,19H,2,10-11H2,1H3,(H,20,21). The van der Waals surface area contributed by atoms with Crippen molar-refractivity contribution in [2.45, 2.75) is 13.3 Å². The quantitative estimate of drug-likeness (QED) is 0.772. The summed E-state index contributed by atoms with van der Waals surface area (Å²) in [6, 6.07) is 15.3. The van der Waals surface area contributed by atoms with Crippen molar-refractivity contribution < 1.29 is 9.53 Å². The number of amides is 1. The van der Waals surface area contributed by atoms with Gasteiger partial charge in [0.05, 0.1) is 12.3 Å². The molecule has 0 atom stereocenters. The van der Waals surface area contributed by atoms with Crippen molar-refractivity contribution in [1.29, 1.82) is 0 Å². The minimum Gasteiger partial charge on any atom is -0.492 e. The first-order chi connectivity index (χ1) is 10.7. The molecule has 0 unspecified atom stereocenters. The predicted molar refractivity (Wildman–Crippen MR) is 93.5 cm³/mol. The average molecular weight is 363 g/mol. The Balaban J connectivity index is 1.82. The molecule has 116 valence electrons. The molecule has 0 radical (unpaired) electrons. The van der Waals surface area contributed by atoms with Crippen LogP contribution >= 0.6 is 15.9 Å². The van der Waals surface area contributed by atoms with Gasteiger partial charge in [-0.1, -0.05) is 34.1 Å². The molecular weight excluding hydrogens is 344 g/mol. The lowest BCUT2D eigenvalue weighted by molar-refractivity contribution is -0.115. The van der Waals surface area contributed by atoms with Crippen LogP contribution < -0.4 is 15.4 Å². The van der Waals surface area contributed by atoms with Crippen LogP contribution in [0, 0.1) is 0 Å². The number of carbonyl (C=O) groups is 1. The summed E-state index contributed by atoms with van der Waals surface area (Å²) in [6.07, 6.45) is 0.382. The van der Waals surface area contributed by atoms with Gasteiger partial charge in [-0.15, -0.1) is 0 Å². The summed E-state index contributed by atoms with van der Waals surface area (Å²) in [5, 5.41) is 6.10. The maximum Gasteiger partial charge on any atom is 0.226 e. The highest BCUT2D eigenvalue weighted by molar-refractivity contribution is 9.10. The molecule has 0 aliphatic heterocycles. The molecule has 0 aliphatic carbocycles. The first-order valence-corrected chi connectivity index (χ1v) is 7.99. The lowest BCUT2D eigenvalue weighted by Crippen LogP contribution is -2.16. The normalized spacial score (nSPS) is 10.1. The van der Waals surface area contributed by atoms with Crippen LogP contribution in [0.15, 0.2) is 53.0 Å². The zero-order chi connectivity index (χ0) is 15.8. The molecule has 1 amide bonds. The minimum absolute atomic E-state index is 0.0282. The van der Waals surface area contributed by atoms with Crippen LogP contribution in [-0.4, -0.2) is 19.1 Å². The maximum atomic E-state index is 11.9. The molecule has 2 aromatic carbocycles. The van der Waals surface area contributed by atoms with Gasteiger partial charge in [0.25, 0.3) is 0 Å². The lowest BCUT2D eigenvalue weighted by Gasteiger charge is -2.12. The number of hydrogen-bond acceptors (Lipinski definition) is 3. The van der Waals surface area contributed by atoms with Crippen molar-refractivity contribution in [2.75, 3.05) is 23.8 Å². The van der Waals surface area contributed by atoms with E-state index in [-0.39, 0.29) is 5.91 Å². The molecule has 0 fully saturated rings. The number of rotatable bonds is 7. The Bertz CT molecular complexity index is 632. The van der Waals surface area contributed by atoms with Gasteiger partial charge in [0.2, 0.25) is 5.91 Å². The first-order valence-electron chi connectivity index (χ1n) is 7.20. The van der Waals surface area contributed by atoms with E-state index in [2.05, 4.69) is 26.6 Å². The number of ether oxygens (including phenoxy) is 1. The van der Waals surface area contributed by atoms with Gasteiger partial charge in [-0.25, -0.2) is 0 Å². The predicted octanol–water partition coefficient (Wildman–Crippen LogP) is 4.29. The molecule has 0 saturated carbocycles. The Morgan fingerprint density at radius 2 is 2.00 bits per heavy atom. The summed E-state index contributed by atoms with van der Waals surface area (Å²) < 4.78 is 6.47.